The van der Waals surface area contributed by atoms with Gasteiger partial charge in [-0.15, -0.1) is 0 Å². The SMILES string of the molecule is Cc1ccccc1CN(C(=O)CCCN(c1ccc(Cl)cc1)S(C)(=O)=O)C(Cc1ccccc1)C(=O)NC(C)(C)C. The van der Waals surface area contributed by atoms with Crippen LogP contribution < -0.4 is 9.62 Å². The summed E-state index contributed by atoms with van der Waals surface area (Å²) in [6.07, 6.45) is 1.83. The van der Waals surface area contributed by atoms with Gasteiger partial charge >= 0.3 is 0 Å². The maximum Gasteiger partial charge on any atom is 0.243 e. The smallest absolute Gasteiger partial charge is 0.243 e. The minimum absolute atomic E-state index is 0.0690. The van der Waals surface area contributed by atoms with Crippen LogP contribution >= 0.6 is 11.6 Å². The Morgan fingerprint density at radius 1 is 0.927 bits per heavy atom. The lowest BCUT2D eigenvalue weighted by molar-refractivity contribution is -0.142. The number of nitrogens with zero attached hydrogens (tertiary/aromatic N) is 2. The van der Waals surface area contributed by atoms with Crippen LogP contribution in [0, 0.1) is 6.92 Å². The minimum atomic E-state index is -3.59. The summed E-state index contributed by atoms with van der Waals surface area (Å²) in [5, 5.41) is 3.57. The molecular weight excluding hydrogens is 558 g/mol. The van der Waals surface area contributed by atoms with E-state index in [2.05, 4.69) is 5.32 Å². The lowest BCUT2D eigenvalue weighted by Gasteiger charge is -2.34. The number of rotatable bonds is 12. The zero-order chi connectivity index (χ0) is 30.2. The van der Waals surface area contributed by atoms with E-state index >= 15 is 0 Å². The number of sulfonamides is 1. The molecule has 0 aliphatic carbocycles. The van der Waals surface area contributed by atoms with Gasteiger partial charge in [-0.3, -0.25) is 13.9 Å². The molecule has 0 saturated heterocycles. The number of benzene rings is 3. The summed E-state index contributed by atoms with van der Waals surface area (Å²) in [7, 11) is -3.59. The van der Waals surface area contributed by atoms with Gasteiger partial charge in [0.15, 0.2) is 0 Å². The number of anilines is 1. The Labute approximate surface area is 249 Å². The van der Waals surface area contributed by atoms with Crippen molar-refractivity contribution in [3.8, 4) is 0 Å². The van der Waals surface area contributed by atoms with Gasteiger partial charge in [0.1, 0.15) is 6.04 Å². The lowest BCUT2D eigenvalue weighted by Crippen LogP contribution is -2.54. The second-order valence-electron chi connectivity index (χ2n) is 11.3. The van der Waals surface area contributed by atoms with E-state index in [0.717, 1.165) is 22.9 Å². The number of carbonyl (C=O) groups is 2. The second-order valence-corrected chi connectivity index (χ2v) is 13.7. The van der Waals surface area contributed by atoms with Crippen molar-refractivity contribution in [3.63, 3.8) is 0 Å². The topological polar surface area (TPSA) is 86.8 Å². The molecule has 41 heavy (non-hydrogen) atoms. The molecule has 1 atom stereocenters. The fraction of sp³-hybridized carbons (Fsp3) is 0.375. The van der Waals surface area contributed by atoms with Crippen LogP contribution in [-0.4, -0.2) is 49.5 Å². The van der Waals surface area contributed by atoms with E-state index in [1.165, 1.54) is 4.31 Å². The molecule has 0 heterocycles. The van der Waals surface area contributed by atoms with Crippen molar-refractivity contribution in [2.24, 2.45) is 0 Å². The molecule has 1 unspecified atom stereocenters. The van der Waals surface area contributed by atoms with E-state index in [-0.39, 0.29) is 37.7 Å². The molecule has 1 N–H and O–H groups in total. The maximum absolute atomic E-state index is 13.9. The number of nitrogens with one attached hydrogen (secondary N) is 1. The lowest BCUT2D eigenvalue weighted by atomic mass is 9.99. The number of halogens is 1. The van der Waals surface area contributed by atoms with Gasteiger partial charge in [-0.05, 0) is 75.1 Å². The normalized spacial score (nSPS) is 12.4. The van der Waals surface area contributed by atoms with Gasteiger partial charge in [0.2, 0.25) is 21.8 Å². The van der Waals surface area contributed by atoms with Crippen molar-refractivity contribution in [2.45, 2.75) is 65.1 Å². The monoisotopic (exact) mass is 597 g/mol. The standard InChI is InChI=1S/C32H40ClN3O4S/c1-24-12-9-10-15-26(24)23-35(29(31(38)34-32(2,3)4)22-25-13-7-6-8-14-25)30(37)16-11-21-36(41(5,39)40)28-19-17-27(33)18-20-28/h6-10,12-15,17-20,29H,11,16,21-23H2,1-5H3,(H,34,38). The molecule has 0 radical (unpaired) electrons. The van der Waals surface area contributed by atoms with Crippen molar-refractivity contribution >= 4 is 39.1 Å². The maximum atomic E-state index is 13.9. The fourth-order valence-electron chi connectivity index (χ4n) is 4.59. The highest BCUT2D eigenvalue weighted by molar-refractivity contribution is 7.92. The molecular formula is C32H40ClN3O4S. The Hall–Kier alpha value is -3.36. The van der Waals surface area contributed by atoms with E-state index in [1.807, 2.05) is 82.3 Å². The van der Waals surface area contributed by atoms with Crippen LogP contribution in [0.3, 0.4) is 0 Å². The molecule has 0 bridgehead atoms. The third-order valence-corrected chi connectivity index (χ3v) is 8.08. The molecule has 0 aliphatic heterocycles. The third-order valence-electron chi connectivity index (χ3n) is 6.64. The van der Waals surface area contributed by atoms with Gasteiger partial charge < -0.3 is 10.2 Å². The Bertz CT molecular complexity index is 1420. The third kappa shape index (κ3) is 9.90. The molecule has 9 heteroatoms. The number of carbonyl (C=O) groups excluding carboxylic acids is 2. The predicted molar refractivity (Wildman–Crippen MR) is 166 cm³/mol. The molecule has 3 aromatic rings. The average molecular weight is 598 g/mol. The number of hydrogen-bond acceptors (Lipinski definition) is 4. The second kappa shape index (κ2) is 14.0. The molecule has 0 spiro atoms. The van der Waals surface area contributed by atoms with E-state index in [9.17, 15) is 18.0 Å². The van der Waals surface area contributed by atoms with E-state index in [0.29, 0.717) is 17.1 Å². The highest BCUT2D eigenvalue weighted by Gasteiger charge is 2.32. The van der Waals surface area contributed by atoms with E-state index in [4.69, 9.17) is 11.6 Å². The molecule has 220 valence electrons. The number of hydrogen-bond donors (Lipinski definition) is 1. The summed E-state index contributed by atoms with van der Waals surface area (Å²) >= 11 is 5.99. The van der Waals surface area contributed by atoms with Crippen molar-refractivity contribution in [1.29, 1.82) is 0 Å². The van der Waals surface area contributed by atoms with Gasteiger partial charge in [-0.25, -0.2) is 8.42 Å². The van der Waals surface area contributed by atoms with Gasteiger partial charge in [0, 0.05) is 36.5 Å². The first-order chi connectivity index (χ1) is 19.2. The zero-order valence-corrected chi connectivity index (χ0v) is 26.0. The van der Waals surface area contributed by atoms with Gasteiger partial charge in [0.25, 0.3) is 0 Å². The van der Waals surface area contributed by atoms with E-state index < -0.39 is 21.6 Å². The van der Waals surface area contributed by atoms with Crippen LogP contribution in [0.25, 0.3) is 0 Å². The summed E-state index contributed by atoms with van der Waals surface area (Å²) in [6.45, 7) is 8.09. The Morgan fingerprint density at radius 3 is 2.12 bits per heavy atom. The molecule has 2 amide bonds. The quantitative estimate of drug-likeness (QED) is 0.288. The first kappa shape index (κ1) is 32.2. The summed E-state index contributed by atoms with van der Waals surface area (Å²) < 4.78 is 26.4. The first-order valence-electron chi connectivity index (χ1n) is 13.7. The van der Waals surface area contributed by atoms with Gasteiger partial charge in [-0.1, -0.05) is 66.2 Å². The van der Waals surface area contributed by atoms with E-state index in [1.54, 1.807) is 29.2 Å². The van der Waals surface area contributed by atoms with Crippen LogP contribution in [-0.2, 0) is 32.6 Å². The molecule has 0 fully saturated rings. The average Bonchev–Trinajstić information content (AvgIpc) is 2.89. The molecule has 7 nitrogen and oxygen atoms in total. The molecule has 0 aliphatic rings. The van der Waals surface area contributed by atoms with Crippen molar-refractivity contribution in [2.75, 3.05) is 17.1 Å². The summed E-state index contributed by atoms with van der Waals surface area (Å²) in [4.78, 5) is 29.3. The Kier molecular flexibility index (Phi) is 11.0. The Balaban J connectivity index is 1.91. The van der Waals surface area contributed by atoms with Crippen molar-refractivity contribution in [3.05, 3.63) is 101 Å². The molecule has 0 saturated carbocycles. The fourth-order valence-corrected chi connectivity index (χ4v) is 5.68. The van der Waals surface area contributed by atoms with Crippen LogP contribution in [0.1, 0.15) is 50.3 Å². The predicted octanol–water partition coefficient (Wildman–Crippen LogP) is 5.75. The Morgan fingerprint density at radius 2 is 1.54 bits per heavy atom. The molecule has 3 rings (SSSR count). The van der Waals surface area contributed by atoms with Gasteiger partial charge in [0.05, 0.1) is 11.9 Å². The summed E-state index contributed by atoms with van der Waals surface area (Å²) in [6, 6.07) is 23.2. The summed E-state index contributed by atoms with van der Waals surface area (Å²) in [5.41, 5.74) is 2.90. The zero-order valence-electron chi connectivity index (χ0n) is 24.4. The highest BCUT2D eigenvalue weighted by atomic mass is 35.5. The van der Waals surface area contributed by atoms with Crippen LogP contribution in [0.5, 0.6) is 0 Å². The van der Waals surface area contributed by atoms with Crippen molar-refractivity contribution in [1.82, 2.24) is 10.2 Å². The molecule has 3 aromatic carbocycles. The van der Waals surface area contributed by atoms with Crippen LogP contribution in [0.4, 0.5) is 5.69 Å². The largest absolute Gasteiger partial charge is 0.350 e. The number of aryl methyl sites for hydroxylation is 1. The number of amides is 2. The van der Waals surface area contributed by atoms with Gasteiger partial charge in [-0.2, -0.15) is 0 Å². The van der Waals surface area contributed by atoms with Crippen LogP contribution in [0.15, 0.2) is 78.9 Å². The van der Waals surface area contributed by atoms with Crippen molar-refractivity contribution < 1.29 is 18.0 Å². The first-order valence-corrected chi connectivity index (χ1v) is 15.9. The minimum Gasteiger partial charge on any atom is -0.350 e. The summed E-state index contributed by atoms with van der Waals surface area (Å²) in [5.74, 6) is -0.454. The van der Waals surface area contributed by atoms with Crippen LogP contribution in [0.2, 0.25) is 5.02 Å². The molecule has 0 aromatic heterocycles. The highest BCUT2D eigenvalue weighted by Crippen LogP contribution is 2.23.